The van der Waals surface area contributed by atoms with Crippen molar-refractivity contribution in [1.29, 1.82) is 0 Å². The van der Waals surface area contributed by atoms with Gasteiger partial charge in [0, 0.05) is 11.8 Å². The maximum Gasteiger partial charge on any atom is 0.344 e. The van der Waals surface area contributed by atoms with Gasteiger partial charge in [-0.1, -0.05) is 47.5 Å². The Morgan fingerprint density at radius 3 is 2.58 bits per heavy atom. The summed E-state index contributed by atoms with van der Waals surface area (Å²) in [6.07, 6.45) is 0. The molecule has 0 bridgehead atoms. The number of aromatic nitrogens is 2. The first-order valence-electron chi connectivity index (χ1n) is 9.85. The van der Waals surface area contributed by atoms with Crippen molar-refractivity contribution < 1.29 is 19.1 Å². The van der Waals surface area contributed by atoms with Crippen LogP contribution in [0.5, 0.6) is 5.75 Å². The van der Waals surface area contributed by atoms with E-state index >= 15 is 0 Å². The van der Waals surface area contributed by atoms with Gasteiger partial charge < -0.3 is 14.8 Å². The first kappa shape index (κ1) is 22.4. The molecule has 7 nitrogen and oxygen atoms in total. The fraction of sp³-hybridized carbons (Fsp3) is 0.261. The lowest BCUT2D eigenvalue weighted by atomic mass is 10.1. The van der Waals surface area contributed by atoms with Crippen molar-refractivity contribution in [3.63, 3.8) is 0 Å². The number of anilines is 1. The summed E-state index contributed by atoms with van der Waals surface area (Å²) < 4.78 is 11.8. The van der Waals surface area contributed by atoms with E-state index in [1.165, 1.54) is 5.56 Å². The van der Waals surface area contributed by atoms with Gasteiger partial charge in [-0.05, 0) is 38.5 Å². The Morgan fingerprint density at radius 1 is 1.13 bits per heavy atom. The number of hydrogen-bond donors (Lipinski definition) is 1. The van der Waals surface area contributed by atoms with Gasteiger partial charge >= 0.3 is 5.97 Å². The van der Waals surface area contributed by atoms with Crippen molar-refractivity contribution in [2.24, 2.45) is 0 Å². The molecule has 1 aromatic heterocycles. The van der Waals surface area contributed by atoms with E-state index in [2.05, 4.69) is 10.4 Å². The summed E-state index contributed by atoms with van der Waals surface area (Å²) >= 11 is 6.48. The SMILES string of the molecule is CCOC(=O)COc1cccc(NC(=O)c2c(C)nn(Cc3ccc(C)cc3)c2Cl)c1. The van der Waals surface area contributed by atoms with Crippen LogP contribution in [-0.4, -0.2) is 34.9 Å². The molecule has 0 saturated heterocycles. The van der Waals surface area contributed by atoms with Gasteiger partial charge in [0.05, 0.1) is 24.4 Å². The number of carbonyl (C=O) groups excluding carboxylic acids is 2. The summed E-state index contributed by atoms with van der Waals surface area (Å²) in [5, 5.41) is 7.50. The molecule has 3 aromatic rings. The van der Waals surface area contributed by atoms with Crippen LogP contribution in [0.4, 0.5) is 5.69 Å². The average molecular weight is 442 g/mol. The molecule has 0 radical (unpaired) electrons. The number of nitrogens with one attached hydrogen (secondary N) is 1. The average Bonchev–Trinajstić information content (AvgIpc) is 3.01. The Balaban J connectivity index is 1.70. The van der Waals surface area contributed by atoms with E-state index < -0.39 is 5.97 Å². The minimum atomic E-state index is -0.458. The second kappa shape index (κ2) is 10.1. The Morgan fingerprint density at radius 2 is 1.87 bits per heavy atom. The van der Waals surface area contributed by atoms with E-state index in [1.807, 2.05) is 31.2 Å². The Hall–Kier alpha value is -3.32. The molecule has 0 fully saturated rings. The molecule has 2 aromatic carbocycles. The summed E-state index contributed by atoms with van der Waals surface area (Å²) in [4.78, 5) is 24.3. The van der Waals surface area contributed by atoms with Crippen molar-refractivity contribution in [1.82, 2.24) is 9.78 Å². The van der Waals surface area contributed by atoms with Gasteiger partial charge in [-0.15, -0.1) is 0 Å². The largest absolute Gasteiger partial charge is 0.482 e. The van der Waals surface area contributed by atoms with Gasteiger partial charge in [-0.3, -0.25) is 4.79 Å². The molecule has 0 spiro atoms. The normalized spacial score (nSPS) is 10.6. The summed E-state index contributed by atoms with van der Waals surface area (Å²) in [6, 6.07) is 14.8. The summed E-state index contributed by atoms with van der Waals surface area (Å²) in [5.41, 5.74) is 3.55. The molecule has 1 amide bonds. The van der Waals surface area contributed by atoms with E-state index in [9.17, 15) is 9.59 Å². The van der Waals surface area contributed by atoms with Crippen LogP contribution in [0.1, 0.15) is 34.1 Å². The Labute approximate surface area is 185 Å². The second-order valence-electron chi connectivity index (χ2n) is 6.97. The molecule has 0 saturated carbocycles. The third kappa shape index (κ3) is 5.86. The molecule has 1 heterocycles. The highest BCUT2D eigenvalue weighted by Crippen LogP contribution is 2.24. The first-order chi connectivity index (χ1) is 14.9. The zero-order valence-electron chi connectivity index (χ0n) is 17.6. The van der Waals surface area contributed by atoms with Crippen molar-refractivity contribution >= 4 is 29.2 Å². The summed E-state index contributed by atoms with van der Waals surface area (Å²) in [5.74, 6) is -0.399. The highest BCUT2D eigenvalue weighted by atomic mass is 35.5. The lowest BCUT2D eigenvalue weighted by molar-refractivity contribution is -0.145. The lowest BCUT2D eigenvalue weighted by Gasteiger charge is -2.09. The fourth-order valence-electron chi connectivity index (χ4n) is 2.98. The first-order valence-corrected chi connectivity index (χ1v) is 10.2. The zero-order valence-corrected chi connectivity index (χ0v) is 18.4. The Bertz CT molecular complexity index is 1080. The van der Waals surface area contributed by atoms with E-state index in [-0.39, 0.29) is 24.3 Å². The maximum atomic E-state index is 12.9. The molecule has 8 heteroatoms. The number of ether oxygens (including phenoxy) is 2. The highest BCUT2D eigenvalue weighted by Gasteiger charge is 2.21. The van der Waals surface area contributed by atoms with Crippen molar-refractivity contribution in [2.75, 3.05) is 18.5 Å². The molecule has 0 aliphatic rings. The molecular formula is C23H24ClN3O4. The minimum absolute atomic E-state index is 0.206. The van der Waals surface area contributed by atoms with E-state index in [0.29, 0.717) is 29.2 Å². The van der Waals surface area contributed by atoms with Crippen LogP contribution in [-0.2, 0) is 16.1 Å². The van der Waals surface area contributed by atoms with Gasteiger partial charge in [-0.2, -0.15) is 5.10 Å². The van der Waals surface area contributed by atoms with Gasteiger partial charge in [-0.25, -0.2) is 9.48 Å². The van der Waals surface area contributed by atoms with Crippen molar-refractivity contribution in [3.05, 3.63) is 76.1 Å². The van der Waals surface area contributed by atoms with Crippen LogP contribution < -0.4 is 10.1 Å². The molecule has 0 unspecified atom stereocenters. The van der Waals surface area contributed by atoms with Gasteiger partial charge in [0.25, 0.3) is 5.91 Å². The minimum Gasteiger partial charge on any atom is -0.482 e. The van der Waals surface area contributed by atoms with E-state index in [0.717, 1.165) is 5.56 Å². The molecular weight excluding hydrogens is 418 g/mol. The number of hydrogen-bond acceptors (Lipinski definition) is 5. The number of esters is 1. The monoisotopic (exact) mass is 441 g/mol. The molecule has 0 aliphatic carbocycles. The second-order valence-corrected chi connectivity index (χ2v) is 7.33. The highest BCUT2D eigenvalue weighted by molar-refractivity contribution is 6.33. The van der Waals surface area contributed by atoms with E-state index in [4.69, 9.17) is 21.1 Å². The standard InChI is InChI=1S/C23H24ClN3O4/c1-4-30-20(28)14-31-19-7-5-6-18(12-19)25-23(29)21-16(3)26-27(22(21)24)13-17-10-8-15(2)9-11-17/h5-12H,4,13-14H2,1-3H3,(H,25,29). The predicted octanol–water partition coefficient (Wildman–Crippen LogP) is 4.40. The number of benzene rings is 2. The molecule has 0 atom stereocenters. The number of carbonyl (C=O) groups is 2. The smallest absolute Gasteiger partial charge is 0.344 e. The summed E-state index contributed by atoms with van der Waals surface area (Å²) in [7, 11) is 0. The van der Waals surface area contributed by atoms with Crippen LogP contribution in [0.2, 0.25) is 5.15 Å². The molecule has 0 aliphatic heterocycles. The van der Waals surface area contributed by atoms with Crippen LogP contribution >= 0.6 is 11.6 Å². The Kier molecular flexibility index (Phi) is 7.31. The van der Waals surface area contributed by atoms with Crippen LogP contribution in [0.15, 0.2) is 48.5 Å². The van der Waals surface area contributed by atoms with E-state index in [1.54, 1.807) is 42.8 Å². The number of halogens is 1. The molecule has 162 valence electrons. The van der Waals surface area contributed by atoms with Crippen molar-refractivity contribution in [3.8, 4) is 5.75 Å². The molecule has 31 heavy (non-hydrogen) atoms. The van der Waals surface area contributed by atoms with Crippen LogP contribution in [0.3, 0.4) is 0 Å². The van der Waals surface area contributed by atoms with Gasteiger partial charge in [0.2, 0.25) is 0 Å². The van der Waals surface area contributed by atoms with Gasteiger partial charge in [0.1, 0.15) is 10.9 Å². The number of rotatable bonds is 8. The summed E-state index contributed by atoms with van der Waals surface area (Å²) in [6.45, 7) is 6.03. The van der Waals surface area contributed by atoms with Gasteiger partial charge in [0.15, 0.2) is 6.61 Å². The predicted molar refractivity (Wildman–Crippen MR) is 119 cm³/mol. The third-order valence-corrected chi connectivity index (χ3v) is 4.88. The third-order valence-electron chi connectivity index (χ3n) is 4.50. The zero-order chi connectivity index (χ0) is 22.4. The van der Waals surface area contributed by atoms with Crippen molar-refractivity contribution in [2.45, 2.75) is 27.3 Å². The van der Waals surface area contributed by atoms with Crippen LogP contribution in [0.25, 0.3) is 0 Å². The number of aryl methyl sites for hydroxylation is 2. The topological polar surface area (TPSA) is 82.4 Å². The lowest BCUT2D eigenvalue weighted by Crippen LogP contribution is -2.15. The molecule has 3 rings (SSSR count). The number of amides is 1. The number of nitrogens with zero attached hydrogens (tertiary/aromatic N) is 2. The van der Waals surface area contributed by atoms with Crippen LogP contribution in [0, 0.1) is 13.8 Å². The quantitative estimate of drug-likeness (QED) is 0.524. The molecule has 1 N–H and O–H groups in total. The maximum absolute atomic E-state index is 12.9. The fourth-order valence-corrected chi connectivity index (χ4v) is 3.30.